The fourth-order valence-corrected chi connectivity index (χ4v) is 1.21. The summed E-state index contributed by atoms with van der Waals surface area (Å²) < 4.78 is 0. The zero-order valence-electron chi connectivity index (χ0n) is 7.11. The van der Waals surface area contributed by atoms with Gasteiger partial charge in [0, 0.05) is 23.3 Å². The number of pyridine rings is 1. The number of rotatable bonds is 1. The third kappa shape index (κ3) is 1.29. The molecule has 5 nitrogen and oxygen atoms in total. The van der Waals surface area contributed by atoms with Gasteiger partial charge in [0.25, 0.3) is 5.91 Å². The zero-order valence-corrected chi connectivity index (χ0v) is 7.11. The molecule has 2 rings (SSSR count). The molecule has 1 amide bonds. The minimum atomic E-state index is -0.441. The Balaban J connectivity index is 2.46. The number of H-pyrrole nitrogens is 1. The van der Waals surface area contributed by atoms with Gasteiger partial charge in [-0.1, -0.05) is 0 Å². The second-order valence-corrected chi connectivity index (χ2v) is 2.71. The van der Waals surface area contributed by atoms with Crippen LogP contribution in [0.2, 0.25) is 0 Å². The molecular formula is C9H6N4O. The molecule has 0 saturated heterocycles. The molecule has 0 radical (unpaired) electrons. The molecule has 0 atom stereocenters. The Morgan fingerprint density at radius 1 is 1.64 bits per heavy atom. The van der Waals surface area contributed by atoms with Gasteiger partial charge in [-0.3, -0.25) is 15.1 Å². The molecule has 0 aliphatic rings. The van der Waals surface area contributed by atoms with Crippen LogP contribution in [0.4, 0.5) is 0 Å². The normalized spacial score (nSPS) is 9.64. The van der Waals surface area contributed by atoms with Crippen molar-refractivity contribution in [2.45, 2.75) is 0 Å². The fourth-order valence-electron chi connectivity index (χ4n) is 1.21. The smallest absolute Gasteiger partial charge is 0.280 e. The second-order valence-electron chi connectivity index (χ2n) is 2.71. The summed E-state index contributed by atoms with van der Waals surface area (Å²) >= 11 is 0. The molecule has 2 heterocycles. The van der Waals surface area contributed by atoms with Crippen LogP contribution in [-0.2, 0) is 0 Å². The van der Waals surface area contributed by atoms with E-state index in [0.717, 1.165) is 10.9 Å². The monoisotopic (exact) mass is 186 g/mol. The molecular weight excluding hydrogens is 180 g/mol. The fraction of sp³-hybridized carbons (Fsp3) is 0. The largest absolute Gasteiger partial charge is 0.350 e. The van der Waals surface area contributed by atoms with Crippen molar-refractivity contribution in [3.05, 3.63) is 30.2 Å². The number of amides is 1. The van der Waals surface area contributed by atoms with Crippen LogP contribution in [0.3, 0.4) is 0 Å². The predicted molar refractivity (Wildman–Crippen MR) is 49.2 cm³/mol. The molecule has 0 bridgehead atoms. The number of nitriles is 1. The van der Waals surface area contributed by atoms with Gasteiger partial charge >= 0.3 is 0 Å². The van der Waals surface area contributed by atoms with Gasteiger partial charge in [0.2, 0.25) is 0 Å². The number of aromatic amines is 1. The minimum Gasteiger partial charge on any atom is -0.350 e. The second kappa shape index (κ2) is 3.18. The van der Waals surface area contributed by atoms with Gasteiger partial charge in [0.15, 0.2) is 6.19 Å². The van der Waals surface area contributed by atoms with Crippen molar-refractivity contribution in [3.8, 4) is 6.19 Å². The molecule has 5 heteroatoms. The van der Waals surface area contributed by atoms with Gasteiger partial charge in [0.1, 0.15) is 5.69 Å². The van der Waals surface area contributed by atoms with E-state index in [2.05, 4.69) is 9.97 Å². The third-order valence-electron chi connectivity index (χ3n) is 1.84. The number of aromatic nitrogens is 2. The average molecular weight is 186 g/mol. The van der Waals surface area contributed by atoms with E-state index in [1.165, 1.54) is 0 Å². The first-order valence-electron chi connectivity index (χ1n) is 3.93. The molecule has 68 valence electrons. The quantitative estimate of drug-likeness (QED) is 0.510. The molecule has 0 unspecified atom stereocenters. The predicted octanol–water partition coefficient (Wildman–Crippen LogP) is 0.774. The summed E-state index contributed by atoms with van der Waals surface area (Å²) in [6, 6.07) is 3.41. The van der Waals surface area contributed by atoms with Gasteiger partial charge in [-0.05, 0) is 12.1 Å². The summed E-state index contributed by atoms with van der Waals surface area (Å²) in [7, 11) is 0. The van der Waals surface area contributed by atoms with E-state index in [9.17, 15) is 4.79 Å². The lowest BCUT2D eigenvalue weighted by molar-refractivity contribution is 0.0969. The lowest BCUT2D eigenvalue weighted by Crippen LogP contribution is -2.17. The van der Waals surface area contributed by atoms with E-state index in [1.807, 2.05) is 5.32 Å². The lowest BCUT2D eigenvalue weighted by Gasteiger charge is -1.89. The van der Waals surface area contributed by atoms with E-state index in [4.69, 9.17) is 5.26 Å². The van der Waals surface area contributed by atoms with Gasteiger partial charge in [0.05, 0.1) is 0 Å². The number of fused-ring (bicyclic) bond motifs is 1. The Hall–Kier alpha value is -2.35. The van der Waals surface area contributed by atoms with Crippen LogP contribution in [-0.4, -0.2) is 15.9 Å². The highest BCUT2D eigenvalue weighted by molar-refractivity contribution is 5.98. The van der Waals surface area contributed by atoms with E-state index in [-0.39, 0.29) is 0 Å². The molecule has 0 fully saturated rings. The maximum absolute atomic E-state index is 11.2. The van der Waals surface area contributed by atoms with Crippen LogP contribution in [0.15, 0.2) is 24.5 Å². The van der Waals surface area contributed by atoms with Crippen molar-refractivity contribution >= 4 is 16.8 Å². The van der Waals surface area contributed by atoms with Crippen LogP contribution in [0, 0.1) is 11.5 Å². The molecule has 2 aromatic rings. The number of nitrogens with one attached hydrogen (secondary N) is 2. The number of hydrogen-bond acceptors (Lipinski definition) is 3. The van der Waals surface area contributed by atoms with Crippen LogP contribution in [0.5, 0.6) is 0 Å². The SMILES string of the molecule is N#CNC(=O)c1cc2cnccc2[nH]1. The minimum absolute atomic E-state index is 0.356. The van der Waals surface area contributed by atoms with E-state index in [1.54, 1.807) is 30.7 Å². The van der Waals surface area contributed by atoms with Crippen LogP contribution < -0.4 is 5.32 Å². The highest BCUT2D eigenvalue weighted by atomic mass is 16.1. The van der Waals surface area contributed by atoms with Crippen molar-refractivity contribution in [2.75, 3.05) is 0 Å². The molecule has 0 aliphatic carbocycles. The van der Waals surface area contributed by atoms with Gasteiger partial charge in [-0.2, -0.15) is 5.26 Å². The molecule has 2 N–H and O–H groups in total. The first-order chi connectivity index (χ1) is 6.81. The number of carbonyl (C=O) groups is 1. The topological polar surface area (TPSA) is 81.6 Å². The summed E-state index contributed by atoms with van der Waals surface area (Å²) in [5.74, 6) is -0.441. The van der Waals surface area contributed by atoms with Crippen LogP contribution in [0.25, 0.3) is 10.9 Å². The van der Waals surface area contributed by atoms with E-state index >= 15 is 0 Å². The summed E-state index contributed by atoms with van der Waals surface area (Å²) in [4.78, 5) is 18.0. The van der Waals surface area contributed by atoms with E-state index < -0.39 is 5.91 Å². The Labute approximate surface area is 79.4 Å². The van der Waals surface area contributed by atoms with Crippen LogP contribution in [0.1, 0.15) is 10.5 Å². The first kappa shape index (κ1) is 8.26. The van der Waals surface area contributed by atoms with Crippen molar-refractivity contribution in [2.24, 2.45) is 0 Å². The molecule has 0 saturated carbocycles. The maximum Gasteiger partial charge on any atom is 0.280 e. The standard InChI is InChI=1S/C9H6N4O/c10-5-12-9(14)8-3-6-4-11-2-1-7(6)13-8/h1-4,13H,(H,12,14). The average Bonchev–Trinajstić information content (AvgIpc) is 2.61. The Morgan fingerprint density at radius 2 is 2.50 bits per heavy atom. The maximum atomic E-state index is 11.2. The number of hydrogen-bond donors (Lipinski definition) is 2. The molecule has 14 heavy (non-hydrogen) atoms. The molecule has 2 aromatic heterocycles. The zero-order chi connectivity index (χ0) is 9.97. The van der Waals surface area contributed by atoms with E-state index in [0.29, 0.717) is 5.69 Å². The van der Waals surface area contributed by atoms with Crippen molar-refractivity contribution in [1.82, 2.24) is 15.3 Å². The highest BCUT2D eigenvalue weighted by Crippen LogP contribution is 2.12. The van der Waals surface area contributed by atoms with Crippen molar-refractivity contribution < 1.29 is 4.79 Å². The molecule has 0 aliphatic heterocycles. The van der Waals surface area contributed by atoms with Crippen molar-refractivity contribution in [1.29, 1.82) is 5.26 Å². The van der Waals surface area contributed by atoms with Crippen molar-refractivity contribution in [3.63, 3.8) is 0 Å². The van der Waals surface area contributed by atoms with Gasteiger partial charge in [-0.25, -0.2) is 0 Å². The van der Waals surface area contributed by atoms with Crippen LogP contribution >= 0.6 is 0 Å². The number of nitrogens with zero attached hydrogens (tertiary/aromatic N) is 2. The summed E-state index contributed by atoms with van der Waals surface area (Å²) in [5.41, 5.74) is 1.18. The Kier molecular flexibility index (Phi) is 1.88. The Bertz CT molecular complexity index is 490. The lowest BCUT2D eigenvalue weighted by atomic mass is 10.3. The molecule has 0 aromatic carbocycles. The Morgan fingerprint density at radius 3 is 3.21 bits per heavy atom. The van der Waals surface area contributed by atoms with Gasteiger partial charge < -0.3 is 4.98 Å². The summed E-state index contributed by atoms with van der Waals surface area (Å²) in [5, 5.41) is 11.1. The highest BCUT2D eigenvalue weighted by Gasteiger charge is 2.07. The first-order valence-corrected chi connectivity index (χ1v) is 3.93. The number of carbonyl (C=O) groups excluding carboxylic acids is 1. The third-order valence-corrected chi connectivity index (χ3v) is 1.84. The molecule has 0 spiro atoms. The summed E-state index contributed by atoms with van der Waals surface area (Å²) in [6.45, 7) is 0. The summed E-state index contributed by atoms with van der Waals surface area (Å²) in [6.07, 6.45) is 4.85. The van der Waals surface area contributed by atoms with Gasteiger partial charge in [-0.15, -0.1) is 0 Å².